The molecule has 0 saturated carbocycles. The number of hydrogen-bond donors (Lipinski definition) is 1. The Labute approximate surface area is 198 Å². The van der Waals surface area contributed by atoms with Crippen LogP contribution in [-0.2, 0) is 9.59 Å². The SMILES string of the molecule is CCOc1ccc(N2C(=O)C(O)=C(C(=O)/C=C/c3ccccc3)C2c2ccc(OC)cc2)cc1. The number of carbonyl (C=O) groups excluding carboxylic acids is 2. The predicted molar refractivity (Wildman–Crippen MR) is 131 cm³/mol. The molecular weight excluding hydrogens is 430 g/mol. The monoisotopic (exact) mass is 455 g/mol. The number of nitrogens with zero attached hydrogens (tertiary/aromatic N) is 1. The van der Waals surface area contributed by atoms with Gasteiger partial charge in [0, 0.05) is 5.69 Å². The topological polar surface area (TPSA) is 76.1 Å². The Morgan fingerprint density at radius 2 is 1.62 bits per heavy atom. The number of ether oxygens (including phenoxy) is 2. The maximum absolute atomic E-state index is 13.3. The number of hydrogen-bond acceptors (Lipinski definition) is 5. The second kappa shape index (κ2) is 10.1. The highest BCUT2D eigenvalue weighted by Crippen LogP contribution is 2.41. The molecule has 172 valence electrons. The zero-order valence-corrected chi connectivity index (χ0v) is 19.0. The van der Waals surface area contributed by atoms with Crippen molar-refractivity contribution in [1.29, 1.82) is 0 Å². The average molecular weight is 456 g/mol. The highest BCUT2D eigenvalue weighted by atomic mass is 16.5. The lowest BCUT2D eigenvalue weighted by atomic mass is 9.95. The molecule has 1 N–H and O–H groups in total. The van der Waals surface area contributed by atoms with E-state index in [0.717, 1.165) is 5.56 Å². The first kappa shape index (κ1) is 22.9. The Kier molecular flexibility index (Phi) is 6.78. The molecule has 1 heterocycles. The summed E-state index contributed by atoms with van der Waals surface area (Å²) in [5.74, 6) is -0.327. The summed E-state index contributed by atoms with van der Waals surface area (Å²) in [7, 11) is 1.56. The number of amides is 1. The van der Waals surface area contributed by atoms with Gasteiger partial charge >= 0.3 is 0 Å². The van der Waals surface area contributed by atoms with Crippen LogP contribution < -0.4 is 14.4 Å². The Hall–Kier alpha value is -4.32. The minimum atomic E-state index is -0.802. The average Bonchev–Trinajstić information content (AvgIpc) is 3.14. The van der Waals surface area contributed by atoms with Gasteiger partial charge in [-0.15, -0.1) is 0 Å². The van der Waals surface area contributed by atoms with Gasteiger partial charge < -0.3 is 14.6 Å². The van der Waals surface area contributed by atoms with Crippen LogP contribution in [0.15, 0.2) is 96.3 Å². The van der Waals surface area contributed by atoms with Crippen LogP contribution >= 0.6 is 0 Å². The van der Waals surface area contributed by atoms with Crippen molar-refractivity contribution in [3.63, 3.8) is 0 Å². The first-order valence-corrected chi connectivity index (χ1v) is 10.9. The second-order valence-electron chi connectivity index (χ2n) is 7.65. The minimum absolute atomic E-state index is 0.0243. The number of aliphatic hydroxyl groups is 1. The van der Waals surface area contributed by atoms with Crippen molar-refractivity contribution < 1.29 is 24.2 Å². The largest absolute Gasteiger partial charge is 0.503 e. The first-order valence-electron chi connectivity index (χ1n) is 10.9. The molecule has 0 aromatic heterocycles. The number of carbonyl (C=O) groups is 2. The van der Waals surface area contributed by atoms with Crippen molar-refractivity contribution in [2.24, 2.45) is 0 Å². The quantitative estimate of drug-likeness (QED) is 0.468. The number of aliphatic hydroxyl groups excluding tert-OH is 1. The fourth-order valence-electron chi connectivity index (χ4n) is 3.92. The third-order valence-corrected chi connectivity index (χ3v) is 5.56. The minimum Gasteiger partial charge on any atom is -0.503 e. The number of anilines is 1. The molecule has 1 aliphatic heterocycles. The van der Waals surface area contributed by atoms with Crippen molar-refractivity contribution in [2.75, 3.05) is 18.6 Å². The number of allylic oxidation sites excluding steroid dienone is 1. The van der Waals surface area contributed by atoms with Gasteiger partial charge in [0.1, 0.15) is 11.5 Å². The van der Waals surface area contributed by atoms with E-state index < -0.39 is 23.5 Å². The van der Waals surface area contributed by atoms with Crippen LogP contribution in [0.1, 0.15) is 24.1 Å². The molecular formula is C28H25NO5. The number of ketones is 1. The fraction of sp³-hybridized carbons (Fsp3) is 0.143. The molecule has 6 heteroatoms. The molecule has 34 heavy (non-hydrogen) atoms. The van der Waals surface area contributed by atoms with Crippen molar-refractivity contribution in [3.05, 3.63) is 107 Å². The maximum atomic E-state index is 13.3. The van der Waals surface area contributed by atoms with E-state index in [1.165, 1.54) is 11.0 Å². The van der Waals surface area contributed by atoms with E-state index in [1.807, 2.05) is 37.3 Å². The molecule has 1 aliphatic rings. The van der Waals surface area contributed by atoms with Crippen LogP contribution in [0.4, 0.5) is 5.69 Å². The zero-order valence-electron chi connectivity index (χ0n) is 19.0. The predicted octanol–water partition coefficient (Wildman–Crippen LogP) is 5.28. The Morgan fingerprint density at radius 1 is 0.971 bits per heavy atom. The van der Waals surface area contributed by atoms with E-state index in [2.05, 4.69) is 0 Å². The van der Waals surface area contributed by atoms with Gasteiger partial charge in [-0.05, 0) is 60.5 Å². The van der Waals surface area contributed by atoms with E-state index in [4.69, 9.17) is 9.47 Å². The van der Waals surface area contributed by atoms with Crippen molar-refractivity contribution in [3.8, 4) is 11.5 Å². The van der Waals surface area contributed by atoms with Crippen LogP contribution in [0, 0.1) is 0 Å². The number of methoxy groups -OCH3 is 1. The molecule has 0 radical (unpaired) electrons. The molecule has 0 aliphatic carbocycles. The Balaban J connectivity index is 1.75. The van der Waals surface area contributed by atoms with Gasteiger partial charge in [-0.25, -0.2) is 0 Å². The Bertz CT molecular complexity index is 1230. The molecule has 1 amide bonds. The fourth-order valence-corrected chi connectivity index (χ4v) is 3.92. The molecule has 0 saturated heterocycles. The second-order valence-corrected chi connectivity index (χ2v) is 7.65. The molecule has 0 spiro atoms. The smallest absolute Gasteiger partial charge is 0.294 e. The molecule has 1 unspecified atom stereocenters. The standard InChI is InChI=1S/C28H25NO5/c1-3-34-23-16-12-21(13-17-23)29-26(20-10-14-22(33-2)15-11-20)25(27(31)28(29)32)24(30)18-9-19-7-5-4-6-8-19/h4-18,26,31H,3H2,1-2H3/b18-9+. The van der Waals surface area contributed by atoms with Gasteiger partial charge in [0.05, 0.1) is 25.3 Å². The van der Waals surface area contributed by atoms with Crippen molar-refractivity contribution in [1.82, 2.24) is 0 Å². The van der Waals surface area contributed by atoms with E-state index in [1.54, 1.807) is 61.7 Å². The van der Waals surface area contributed by atoms with Crippen LogP contribution in [0.5, 0.6) is 11.5 Å². The summed E-state index contributed by atoms with van der Waals surface area (Å²) in [6, 6.07) is 22.6. The van der Waals surface area contributed by atoms with E-state index in [-0.39, 0.29) is 5.57 Å². The lowest BCUT2D eigenvalue weighted by Gasteiger charge is -2.27. The van der Waals surface area contributed by atoms with E-state index in [0.29, 0.717) is 29.4 Å². The summed E-state index contributed by atoms with van der Waals surface area (Å²) in [5.41, 5.74) is 2.07. The zero-order chi connectivity index (χ0) is 24.1. The van der Waals surface area contributed by atoms with Crippen LogP contribution in [0.2, 0.25) is 0 Å². The van der Waals surface area contributed by atoms with E-state index >= 15 is 0 Å². The van der Waals surface area contributed by atoms with Gasteiger partial charge in [0.15, 0.2) is 11.5 Å². The van der Waals surface area contributed by atoms with Gasteiger partial charge in [0.2, 0.25) is 0 Å². The lowest BCUT2D eigenvalue weighted by Crippen LogP contribution is -2.30. The molecule has 6 nitrogen and oxygen atoms in total. The molecule has 1 atom stereocenters. The van der Waals surface area contributed by atoms with Gasteiger partial charge in [-0.3, -0.25) is 14.5 Å². The third-order valence-electron chi connectivity index (χ3n) is 5.56. The van der Waals surface area contributed by atoms with E-state index in [9.17, 15) is 14.7 Å². The summed E-state index contributed by atoms with van der Waals surface area (Å²) >= 11 is 0. The van der Waals surface area contributed by atoms with Gasteiger partial charge in [-0.1, -0.05) is 48.5 Å². The normalized spacial score (nSPS) is 15.8. The molecule has 0 fully saturated rings. The molecule has 4 rings (SSSR count). The highest BCUT2D eigenvalue weighted by Gasteiger charge is 2.43. The van der Waals surface area contributed by atoms with Gasteiger partial charge in [-0.2, -0.15) is 0 Å². The summed E-state index contributed by atoms with van der Waals surface area (Å²) in [5, 5.41) is 10.8. The molecule has 3 aromatic rings. The van der Waals surface area contributed by atoms with Crippen LogP contribution in [0.25, 0.3) is 6.08 Å². The highest BCUT2D eigenvalue weighted by molar-refractivity contribution is 6.19. The van der Waals surface area contributed by atoms with Crippen LogP contribution in [-0.4, -0.2) is 30.5 Å². The van der Waals surface area contributed by atoms with Crippen molar-refractivity contribution >= 4 is 23.5 Å². The summed E-state index contributed by atoms with van der Waals surface area (Å²) in [4.78, 5) is 27.9. The first-order chi connectivity index (χ1) is 16.5. The number of benzene rings is 3. The summed E-state index contributed by atoms with van der Waals surface area (Å²) in [6.07, 6.45) is 3.05. The van der Waals surface area contributed by atoms with Crippen LogP contribution in [0.3, 0.4) is 0 Å². The van der Waals surface area contributed by atoms with Gasteiger partial charge in [0.25, 0.3) is 5.91 Å². The van der Waals surface area contributed by atoms with Crippen molar-refractivity contribution in [2.45, 2.75) is 13.0 Å². The lowest BCUT2D eigenvalue weighted by molar-refractivity contribution is -0.117. The number of rotatable bonds is 8. The molecule has 3 aromatic carbocycles. The third kappa shape index (κ3) is 4.57. The summed E-state index contributed by atoms with van der Waals surface area (Å²) < 4.78 is 10.8. The summed E-state index contributed by atoms with van der Waals surface area (Å²) in [6.45, 7) is 2.41. The Morgan fingerprint density at radius 3 is 2.24 bits per heavy atom. The molecule has 0 bridgehead atoms. The maximum Gasteiger partial charge on any atom is 0.294 e.